The number of carbonyl (C=O) groups excluding carboxylic acids is 1. The Labute approximate surface area is 114 Å². The molecule has 2 aliphatic carbocycles. The van der Waals surface area contributed by atoms with Gasteiger partial charge in [0.1, 0.15) is 5.92 Å². The van der Waals surface area contributed by atoms with Gasteiger partial charge in [-0.1, -0.05) is 25.4 Å². The summed E-state index contributed by atoms with van der Waals surface area (Å²) in [7, 11) is 0. The number of oxime groups is 1. The number of amidine groups is 1. The fourth-order valence-electron chi connectivity index (χ4n) is 3.81. The normalized spacial score (nSPS) is 31.7. The van der Waals surface area contributed by atoms with Crippen molar-refractivity contribution in [3.8, 4) is 0 Å². The number of nitrogens with two attached hydrogens (primary N) is 1. The van der Waals surface area contributed by atoms with Crippen molar-refractivity contribution in [3.63, 3.8) is 0 Å². The molecule has 2 rings (SSSR count). The highest BCUT2D eigenvalue weighted by molar-refractivity contribution is 6.02. The van der Waals surface area contributed by atoms with Crippen molar-refractivity contribution in [2.45, 2.75) is 39.5 Å². The van der Waals surface area contributed by atoms with Crippen molar-refractivity contribution in [1.29, 1.82) is 0 Å². The van der Waals surface area contributed by atoms with Gasteiger partial charge in [-0.2, -0.15) is 0 Å². The lowest BCUT2D eigenvalue weighted by molar-refractivity contribution is -0.124. The Morgan fingerprint density at radius 3 is 2.63 bits per heavy atom. The topological polar surface area (TPSA) is 87.7 Å². The molecular formula is C14H25N3O2. The molecule has 0 heterocycles. The van der Waals surface area contributed by atoms with Crippen molar-refractivity contribution in [2.24, 2.45) is 40.5 Å². The fourth-order valence-corrected chi connectivity index (χ4v) is 3.81. The lowest BCUT2D eigenvalue weighted by Crippen LogP contribution is -2.43. The van der Waals surface area contributed by atoms with Gasteiger partial charge in [-0.15, -0.1) is 0 Å². The van der Waals surface area contributed by atoms with Crippen LogP contribution in [0, 0.1) is 29.6 Å². The molecule has 0 spiro atoms. The number of rotatable bonds is 5. The minimum absolute atomic E-state index is 0.000410. The van der Waals surface area contributed by atoms with Crippen LogP contribution in [0.15, 0.2) is 5.16 Å². The van der Waals surface area contributed by atoms with Crippen LogP contribution < -0.4 is 11.1 Å². The van der Waals surface area contributed by atoms with Crippen molar-refractivity contribution >= 4 is 11.7 Å². The number of fused-ring (bicyclic) bond motifs is 2. The van der Waals surface area contributed by atoms with Gasteiger partial charge in [0.05, 0.1) is 0 Å². The van der Waals surface area contributed by atoms with Crippen molar-refractivity contribution < 1.29 is 10.0 Å². The summed E-state index contributed by atoms with van der Waals surface area (Å²) in [6.07, 6.45) is 5.28. The van der Waals surface area contributed by atoms with Gasteiger partial charge < -0.3 is 16.3 Å². The highest BCUT2D eigenvalue weighted by atomic mass is 16.4. The number of carbonyl (C=O) groups is 1. The first-order chi connectivity index (χ1) is 9.02. The molecule has 4 atom stereocenters. The van der Waals surface area contributed by atoms with Gasteiger partial charge in [0.25, 0.3) is 0 Å². The number of amides is 1. The van der Waals surface area contributed by atoms with Gasteiger partial charge >= 0.3 is 0 Å². The largest absolute Gasteiger partial charge is 0.409 e. The monoisotopic (exact) mass is 267 g/mol. The second-order valence-corrected chi connectivity index (χ2v) is 6.43. The molecule has 2 bridgehead atoms. The lowest BCUT2D eigenvalue weighted by atomic mass is 9.88. The third kappa shape index (κ3) is 3.01. The minimum atomic E-state index is -0.538. The lowest BCUT2D eigenvalue weighted by Gasteiger charge is -2.24. The van der Waals surface area contributed by atoms with Gasteiger partial charge in [-0.25, -0.2) is 0 Å². The maximum absolute atomic E-state index is 12.2. The smallest absolute Gasteiger partial charge is 0.231 e. The highest BCUT2D eigenvalue weighted by Gasteiger charge is 2.39. The number of hydrogen-bond donors (Lipinski definition) is 3. The maximum atomic E-state index is 12.2. The zero-order valence-corrected chi connectivity index (χ0v) is 11.8. The molecule has 0 aliphatic heterocycles. The number of nitrogens with one attached hydrogen (secondary N) is 1. The summed E-state index contributed by atoms with van der Waals surface area (Å²) >= 11 is 0. The summed E-state index contributed by atoms with van der Waals surface area (Å²) in [6, 6.07) is 0. The first-order valence-corrected chi connectivity index (χ1v) is 7.28. The Morgan fingerprint density at radius 1 is 1.42 bits per heavy atom. The van der Waals surface area contributed by atoms with Crippen LogP contribution in [-0.4, -0.2) is 23.5 Å². The van der Waals surface area contributed by atoms with E-state index in [4.69, 9.17) is 10.9 Å². The second kappa shape index (κ2) is 5.80. The number of nitrogens with zero attached hydrogens (tertiary/aromatic N) is 1. The summed E-state index contributed by atoms with van der Waals surface area (Å²) in [4.78, 5) is 12.2. The molecule has 5 heteroatoms. The van der Waals surface area contributed by atoms with E-state index in [1.807, 2.05) is 13.8 Å². The molecule has 19 heavy (non-hydrogen) atoms. The predicted molar refractivity (Wildman–Crippen MR) is 73.7 cm³/mol. The van der Waals surface area contributed by atoms with Gasteiger partial charge in [-0.05, 0) is 42.9 Å². The molecule has 4 N–H and O–H groups in total. The zero-order valence-electron chi connectivity index (χ0n) is 11.8. The highest BCUT2D eigenvalue weighted by Crippen LogP contribution is 2.47. The third-order valence-electron chi connectivity index (χ3n) is 4.81. The molecule has 0 aromatic carbocycles. The molecule has 0 aromatic rings. The minimum Gasteiger partial charge on any atom is -0.409 e. The molecular weight excluding hydrogens is 242 g/mol. The average Bonchev–Trinajstić information content (AvgIpc) is 2.97. The summed E-state index contributed by atoms with van der Waals surface area (Å²) < 4.78 is 0. The summed E-state index contributed by atoms with van der Waals surface area (Å²) in [5.41, 5.74) is 5.60. The quantitative estimate of drug-likeness (QED) is 0.306. The van der Waals surface area contributed by atoms with Gasteiger partial charge in [0.2, 0.25) is 5.91 Å². The van der Waals surface area contributed by atoms with E-state index in [0.717, 1.165) is 18.4 Å². The molecule has 108 valence electrons. The zero-order chi connectivity index (χ0) is 14.0. The van der Waals surface area contributed by atoms with Crippen LogP contribution >= 0.6 is 0 Å². The van der Waals surface area contributed by atoms with E-state index in [1.54, 1.807) is 0 Å². The van der Waals surface area contributed by atoms with Crippen molar-refractivity contribution in [1.82, 2.24) is 5.32 Å². The van der Waals surface area contributed by atoms with Crippen LogP contribution in [0.3, 0.4) is 0 Å². The van der Waals surface area contributed by atoms with E-state index >= 15 is 0 Å². The summed E-state index contributed by atoms with van der Waals surface area (Å²) in [5.74, 6) is 1.68. The first kappa shape index (κ1) is 14.2. The van der Waals surface area contributed by atoms with E-state index < -0.39 is 5.92 Å². The molecule has 2 aliphatic rings. The van der Waals surface area contributed by atoms with E-state index in [2.05, 4.69) is 10.5 Å². The van der Waals surface area contributed by atoms with E-state index in [0.29, 0.717) is 5.92 Å². The van der Waals surface area contributed by atoms with Gasteiger partial charge in [-0.3, -0.25) is 4.79 Å². The second-order valence-electron chi connectivity index (χ2n) is 6.43. The Kier molecular flexibility index (Phi) is 4.32. The van der Waals surface area contributed by atoms with Crippen molar-refractivity contribution in [3.05, 3.63) is 0 Å². The molecule has 4 unspecified atom stereocenters. The molecule has 0 aromatic heterocycles. The van der Waals surface area contributed by atoms with E-state index in [9.17, 15) is 4.79 Å². The fraction of sp³-hybridized carbons (Fsp3) is 0.857. The molecule has 2 fully saturated rings. The molecule has 0 saturated heterocycles. The third-order valence-corrected chi connectivity index (χ3v) is 4.81. The van der Waals surface area contributed by atoms with Crippen molar-refractivity contribution in [2.75, 3.05) is 6.54 Å². The molecule has 5 nitrogen and oxygen atoms in total. The molecule has 1 amide bonds. The molecule has 2 saturated carbocycles. The summed E-state index contributed by atoms with van der Waals surface area (Å²) in [5, 5.41) is 14.7. The van der Waals surface area contributed by atoms with Crippen LogP contribution in [0.25, 0.3) is 0 Å². The SMILES string of the molecule is CC(C)C(C(=O)NCC1CC2CCC1C2)/C(N)=N/O. The van der Waals surface area contributed by atoms with E-state index in [1.165, 1.54) is 25.7 Å². The first-order valence-electron chi connectivity index (χ1n) is 7.28. The Bertz CT molecular complexity index is 368. The van der Waals surface area contributed by atoms with Crippen LogP contribution in [0.2, 0.25) is 0 Å². The van der Waals surface area contributed by atoms with Crippen LogP contribution in [-0.2, 0) is 4.79 Å². The van der Waals surface area contributed by atoms with Crippen LogP contribution in [0.1, 0.15) is 39.5 Å². The number of hydrogen-bond acceptors (Lipinski definition) is 3. The average molecular weight is 267 g/mol. The van der Waals surface area contributed by atoms with Crippen LogP contribution in [0.5, 0.6) is 0 Å². The van der Waals surface area contributed by atoms with Gasteiger partial charge in [0, 0.05) is 6.54 Å². The Hall–Kier alpha value is -1.26. The van der Waals surface area contributed by atoms with Gasteiger partial charge in [0.15, 0.2) is 5.84 Å². The van der Waals surface area contributed by atoms with E-state index in [-0.39, 0.29) is 17.7 Å². The molecule has 0 radical (unpaired) electrons. The predicted octanol–water partition coefficient (Wildman–Crippen LogP) is 1.56. The Morgan fingerprint density at radius 2 is 2.16 bits per heavy atom. The summed E-state index contributed by atoms with van der Waals surface area (Å²) in [6.45, 7) is 4.54. The Balaban J connectivity index is 1.86. The maximum Gasteiger partial charge on any atom is 0.231 e. The standard InChI is InChI=1S/C14H25N3O2/c1-8(2)12(13(15)17-19)14(18)16-7-11-6-9-3-4-10(11)5-9/h8-12,19H,3-7H2,1-2H3,(H2,15,17)(H,16,18). The van der Waals surface area contributed by atoms with Crippen LogP contribution in [0.4, 0.5) is 0 Å².